The highest BCUT2D eigenvalue weighted by molar-refractivity contribution is 5.71. The predicted molar refractivity (Wildman–Crippen MR) is 48.9 cm³/mol. The van der Waals surface area contributed by atoms with Crippen LogP contribution in [-0.2, 0) is 9.53 Å². The molecule has 0 spiro atoms. The Bertz CT molecular complexity index is 166. The predicted octanol–water partition coefficient (Wildman–Crippen LogP) is 1.06. The first kappa shape index (κ1) is 11.2. The van der Waals surface area contributed by atoms with E-state index >= 15 is 0 Å². The normalized spacial score (nSPS) is 10.0. The molecule has 0 amide bonds. The third-order valence-corrected chi connectivity index (χ3v) is 1.55. The van der Waals surface area contributed by atoms with Gasteiger partial charge in [0.25, 0.3) is 0 Å². The minimum atomic E-state index is -0.195. The van der Waals surface area contributed by atoms with Crippen molar-refractivity contribution < 1.29 is 9.53 Å². The summed E-state index contributed by atoms with van der Waals surface area (Å²) in [6.07, 6.45) is 0.924. The molecule has 70 valence electrons. The van der Waals surface area contributed by atoms with Crippen LogP contribution in [0.5, 0.6) is 0 Å². The Morgan fingerprint density at radius 3 is 2.58 bits per heavy atom. The summed E-state index contributed by atoms with van der Waals surface area (Å²) in [6, 6.07) is 0. The molecule has 0 aliphatic carbocycles. The molecule has 0 radical (unpaired) electrons. The molecule has 0 N–H and O–H groups in total. The first-order valence-electron chi connectivity index (χ1n) is 3.96. The summed E-state index contributed by atoms with van der Waals surface area (Å²) in [5, 5.41) is 0. The van der Waals surface area contributed by atoms with E-state index in [9.17, 15) is 4.79 Å². The second-order valence-electron chi connectivity index (χ2n) is 3.02. The zero-order valence-electron chi connectivity index (χ0n) is 8.09. The van der Waals surface area contributed by atoms with Crippen LogP contribution in [-0.4, -0.2) is 38.1 Å². The molecule has 12 heavy (non-hydrogen) atoms. The van der Waals surface area contributed by atoms with Gasteiger partial charge in [0.15, 0.2) is 0 Å². The Labute approximate surface area is 74.0 Å². The molecular weight excluding hydrogens is 154 g/mol. The SMILES string of the molecule is C=C(C)CCN(C)CC(=O)OC. The minimum Gasteiger partial charge on any atom is -0.468 e. The van der Waals surface area contributed by atoms with E-state index in [0.29, 0.717) is 6.54 Å². The first-order valence-corrected chi connectivity index (χ1v) is 3.96. The second-order valence-corrected chi connectivity index (χ2v) is 3.02. The number of likely N-dealkylation sites (N-methyl/N-ethyl adjacent to an activating group) is 1. The lowest BCUT2D eigenvalue weighted by molar-refractivity contribution is -0.141. The van der Waals surface area contributed by atoms with Crippen molar-refractivity contribution in [2.24, 2.45) is 0 Å². The maximum absolute atomic E-state index is 10.8. The summed E-state index contributed by atoms with van der Waals surface area (Å²) in [4.78, 5) is 12.7. The molecule has 0 aromatic carbocycles. The average molecular weight is 171 g/mol. The molecule has 0 aliphatic heterocycles. The summed E-state index contributed by atoms with van der Waals surface area (Å²) < 4.78 is 4.52. The smallest absolute Gasteiger partial charge is 0.319 e. The average Bonchev–Trinajstić information content (AvgIpc) is 2.00. The number of esters is 1. The molecule has 0 fully saturated rings. The highest BCUT2D eigenvalue weighted by Gasteiger charge is 2.04. The number of ether oxygens (including phenoxy) is 1. The number of carbonyl (C=O) groups is 1. The number of rotatable bonds is 5. The van der Waals surface area contributed by atoms with Gasteiger partial charge in [-0.2, -0.15) is 0 Å². The van der Waals surface area contributed by atoms with Gasteiger partial charge in [-0.1, -0.05) is 5.57 Å². The Balaban J connectivity index is 3.52. The van der Waals surface area contributed by atoms with Gasteiger partial charge in [0, 0.05) is 6.54 Å². The van der Waals surface area contributed by atoms with Crippen molar-refractivity contribution in [3.05, 3.63) is 12.2 Å². The standard InChI is InChI=1S/C9H17NO2/c1-8(2)5-6-10(3)7-9(11)12-4/h1,5-7H2,2-4H3. The quantitative estimate of drug-likeness (QED) is 0.457. The van der Waals surface area contributed by atoms with Gasteiger partial charge in [-0.25, -0.2) is 0 Å². The lowest BCUT2D eigenvalue weighted by Crippen LogP contribution is -2.27. The number of methoxy groups -OCH3 is 1. The van der Waals surface area contributed by atoms with Gasteiger partial charge in [-0.3, -0.25) is 9.69 Å². The van der Waals surface area contributed by atoms with Crippen LogP contribution < -0.4 is 0 Å². The maximum Gasteiger partial charge on any atom is 0.319 e. The van der Waals surface area contributed by atoms with E-state index in [4.69, 9.17) is 0 Å². The van der Waals surface area contributed by atoms with Gasteiger partial charge >= 0.3 is 5.97 Å². The van der Waals surface area contributed by atoms with Gasteiger partial charge in [0.1, 0.15) is 0 Å². The van der Waals surface area contributed by atoms with Crippen molar-refractivity contribution in [2.75, 3.05) is 27.2 Å². The molecule has 0 bridgehead atoms. The molecule has 0 aliphatic rings. The fourth-order valence-electron chi connectivity index (χ4n) is 0.746. The van der Waals surface area contributed by atoms with E-state index in [1.807, 2.05) is 18.9 Å². The molecule has 0 aromatic rings. The molecule has 0 atom stereocenters. The Kier molecular flexibility index (Phi) is 5.37. The van der Waals surface area contributed by atoms with Crippen molar-refractivity contribution in [2.45, 2.75) is 13.3 Å². The maximum atomic E-state index is 10.8. The van der Waals surface area contributed by atoms with E-state index in [1.54, 1.807) is 0 Å². The Hall–Kier alpha value is -0.830. The first-order chi connectivity index (χ1) is 5.56. The van der Waals surface area contributed by atoms with Crippen LogP contribution in [0.25, 0.3) is 0 Å². The summed E-state index contributed by atoms with van der Waals surface area (Å²) in [5.41, 5.74) is 1.13. The zero-order valence-corrected chi connectivity index (χ0v) is 8.09. The third kappa shape index (κ3) is 5.92. The van der Waals surface area contributed by atoms with Crippen LogP contribution in [0, 0.1) is 0 Å². The summed E-state index contributed by atoms with van der Waals surface area (Å²) >= 11 is 0. The minimum absolute atomic E-state index is 0.195. The number of hydrogen-bond acceptors (Lipinski definition) is 3. The molecule has 0 unspecified atom stereocenters. The van der Waals surface area contributed by atoms with Gasteiger partial charge in [0.2, 0.25) is 0 Å². The molecule has 3 nitrogen and oxygen atoms in total. The van der Waals surface area contributed by atoms with Crippen LogP contribution in [0.3, 0.4) is 0 Å². The Morgan fingerprint density at radius 1 is 1.58 bits per heavy atom. The molecule has 0 rings (SSSR count). The summed E-state index contributed by atoms with van der Waals surface area (Å²) in [6.45, 7) is 6.96. The summed E-state index contributed by atoms with van der Waals surface area (Å²) in [7, 11) is 3.29. The lowest BCUT2D eigenvalue weighted by Gasteiger charge is -2.14. The highest BCUT2D eigenvalue weighted by Crippen LogP contribution is 1.96. The van der Waals surface area contributed by atoms with Crippen molar-refractivity contribution in [1.82, 2.24) is 4.90 Å². The zero-order chi connectivity index (χ0) is 9.56. The molecule has 0 heterocycles. The van der Waals surface area contributed by atoms with Gasteiger partial charge in [0.05, 0.1) is 13.7 Å². The number of carbonyl (C=O) groups excluding carboxylic acids is 1. The fraction of sp³-hybridized carbons (Fsp3) is 0.667. The van der Waals surface area contributed by atoms with Crippen LogP contribution in [0.2, 0.25) is 0 Å². The molecule has 0 saturated heterocycles. The van der Waals surface area contributed by atoms with Crippen LogP contribution in [0.4, 0.5) is 0 Å². The van der Waals surface area contributed by atoms with Crippen molar-refractivity contribution in [3.63, 3.8) is 0 Å². The van der Waals surface area contributed by atoms with Gasteiger partial charge < -0.3 is 4.74 Å². The fourth-order valence-corrected chi connectivity index (χ4v) is 0.746. The number of hydrogen-bond donors (Lipinski definition) is 0. The van der Waals surface area contributed by atoms with E-state index < -0.39 is 0 Å². The van der Waals surface area contributed by atoms with Crippen molar-refractivity contribution >= 4 is 5.97 Å². The topological polar surface area (TPSA) is 29.5 Å². The molecule has 0 saturated carbocycles. The van der Waals surface area contributed by atoms with E-state index in [1.165, 1.54) is 7.11 Å². The summed E-state index contributed by atoms with van der Waals surface area (Å²) in [5.74, 6) is -0.195. The van der Waals surface area contributed by atoms with Gasteiger partial charge in [-0.05, 0) is 20.4 Å². The van der Waals surface area contributed by atoms with E-state index in [-0.39, 0.29) is 5.97 Å². The molecule has 0 aromatic heterocycles. The lowest BCUT2D eigenvalue weighted by atomic mass is 10.2. The largest absolute Gasteiger partial charge is 0.468 e. The third-order valence-electron chi connectivity index (χ3n) is 1.55. The Morgan fingerprint density at radius 2 is 2.17 bits per heavy atom. The molecule has 3 heteroatoms. The van der Waals surface area contributed by atoms with Crippen LogP contribution >= 0.6 is 0 Å². The van der Waals surface area contributed by atoms with Crippen molar-refractivity contribution in [1.29, 1.82) is 0 Å². The highest BCUT2D eigenvalue weighted by atomic mass is 16.5. The second kappa shape index (κ2) is 5.77. The van der Waals surface area contributed by atoms with E-state index in [2.05, 4.69) is 11.3 Å². The van der Waals surface area contributed by atoms with Gasteiger partial charge in [-0.15, -0.1) is 6.58 Å². The van der Waals surface area contributed by atoms with Crippen LogP contribution in [0.15, 0.2) is 12.2 Å². The number of nitrogens with zero attached hydrogens (tertiary/aromatic N) is 1. The van der Waals surface area contributed by atoms with Crippen LogP contribution in [0.1, 0.15) is 13.3 Å². The molecular formula is C9H17NO2. The van der Waals surface area contributed by atoms with Crippen molar-refractivity contribution in [3.8, 4) is 0 Å². The van der Waals surface area contributed by atoms with E-state index in [0.717, 1.165) is 18.5 Å². The monoisotopic (exact) mass is 171 g/mol.